The lowest BCUT2D eigenvalue weighted by Gasteiger charge is -2.10. The molecule has 7 heteroatoms. The van der Waals surface area contributed by atoms with Gasteiger partial charge in [0.05, 0.1) is 24.5 Å². The number of hydrogen-bond donors (Lipinski definition) is 2. The van der Waals surface area contributed by atoms with Crippen LogP contribution in [0.15, 0.2) is 28.9 Å². The van der Waals surface area contributed by atoms with E-state index in [-0.39, 0.29) is 6.03 Å². The Balaban J connectivity index is 1.36. The van der Waals surface area contributed by atoms with Crippen LogP contribution in [0.4, 0.5) is 4.79 Å². The zero-order chi connectivity index (χ0) is 17.2. The van der Waals surface area contributed by atoms with Crippen LogP contribution in [0.2, 0.25) is 0 Å². The first-order valence-electron chi connectivity index (χ1n) is 8.63. The van der Waals surface area contributed by atoms with Gasteiger partial charge in [0.15, 0.2) is 0 Å². The largest absolute Gasteiger partial charge is 0.361 e. The predicted molar refractivity (Wildman–Crippen MR) is 92.1 cm³/mol. The number of fused-ring (bicyclic) bond motifs is 2. The Kier molecular flexibility index (Phi) is 4.13. The Morgan fingerprint density at radius 2 is 2.08 bits per heavy atom. The number of nitrogens with zero attached hydrogens (tertiary/aromatic N) is 3. The van der Waals surface area contributed by atoms with Gasteiger partial charge in [-0.15, -0.1) is 0 Å². The van der Waals surface area contributed by atoms with Gasteiger partial charge < -0.3 is 19.6 Å². The fourth-order valence-corrected chi connectivity index (χ4v) is 3.36. The quantitative estimate of drug-likeness (QED) is 0.765. The molecule has 0 atom stereocenters. The van der Waals surface area contributed by atoms with E-state index >= 15 is 0 Å². The van der Waals surface area contributed by atoms with Gasteiger partial charge in [0.1, 0.15) is 17.1 Å². The Labute approximate surface area is 145 Å². The highest BCUT2D eigenvalue weighted by Gasteiger charge is 2.19. The van der Waals surface area contributed by atoms with Crippen LogP contribution < -0.4 is 10.6 Å². The number of carbonyl (C=O) groups is 1. The summed E-state index contributed by atoms with van der Waals surface area (Å²) in [7, 11) is 0. The van der Waals surface area contributed by atoms with Crippen LogP contribution in [-0.4, -0.2) is 20.6 Å². The summed E-state index contributed by atoms with van der Waals surface area (Å²) in [6.45, 7) is 2.75. The fourth-order valence-electron chi connectivity index (χ4n) is 3.36. The minimum absolute atomic E-state index is 0.224. The number of nitrogens with one attached hydrogen (secondary N) is 2. The second kappa shape index (κ2) is 6.58. The first kappa shape index (κ1) is 15.7. The predicted octanol–water partition coefficient (Wildman–Crippen LogP) is 2.51. The molecule has 0 aliphatic heterocycles. The Bertz CT molecular complexity index is 911. The SMILES string of the molecule is Cc1nc2ccccn2c1CNC(=O)NCc1noc2c1CCCC2. The average Bonchev–Trinajstić information content (AvgIpc) is 3.18. The summed E-state index contributed by atoms with van der Waals surface area (Å²) in [6.07, 6.45) is 6.18. The van der Waals surface area contributed by atoms with Crippen LogP contribution in [0.25, 0.3) is 5.65 Å². The molecule has 130 valence electrons. The molecular formula is C18H21N5O2. The zero-order valence-electron chi connectivity index (χ0n) is 14.2. The lowest BCUT2D eigenvalue weighted by Crippen LogP contribution is -2.35. The van der Waals surface area contributed by atoms with E-state index in [0.29, 0.717) is 13.1 Å². The lowest BCUT2D eigenvalue weighted by atomic mass is 9.96. The molecule has 0 saturated heterocycles. The van der Waals surface area contributed by atoms with E-state index in [1.165, 1.54) is 5.56 Å². The molecule has 0 saturated carbocycles. The fraction of sp³-hybridized carbons (Fsp3) is 0.389. The number of hydrogen-bond acceptors (Lipinski definition) is 4. The van der Waals surface area contributed by atoms with Crippen molar-refractivity contribution in [2.75, 3.05) is 0 Å². The molecule has 4 rings (SSSR count). The van der Waals surface area contributed by atoms with Crippen molar-refractivity contribution in [3.8, 4) is 0 Å². The second-order valence-corrected chi connectivity index (χ2v) is 6.35. The van der Waals surface area contributed by atoms with Crippen molar-refractivity contribution in [3.63, 3.8) is 0 Å². The molecule has 3 heterocycles. The minimum Gasteiger partial charge on any atom is -0.361 e. The highest BCUT2D eigenvalue weighted by atomic mass is 16.5. The Hall–Kier alpha value is -2.83. The van der Waals surface area contributed by atoms with E-state index in [0.717, 1.165) is 54.2 Å². The van der Waals surface area contributed by atoms with Crippen LogP contribution in [0.1, 0.15) is 41.2 Å². The Morgan fingerprint density at radius 1 is 1.24 bits per heavy atom. The van der Waals surface area contributed by atoms with Crippen molar-refractivity contribution in [2.24, 2.45) is 0 Å². The molecule has 3 aromatic heterocycles. The molecule has 0 radical (unpaired) electrons. The first-order chi connectivity index (χ1) is 12.2. The van der Waals surface area contributed by atoms with Crippen LogP contribution in [0.3, 0.4) is 0 Å². The maximum atomic E-state index is 12.1. The van der Waals surface area contributed by atoms with Crippen LogP contribution >= 0.6 is 0 Å². The van der Waals surface area contributed by atoms with Crippen molar-refractivity contribution >= 4 is 11.7 Å². The van der Waals surface area contributed by atoms with Gasteiger partial charge >= 0.3 is 6.03 Å². The monoisotopic (exact) mass is 339 g/mol. The molecule has 2 N–H and O–H groups in total. The van der Waals surface area contributed by atoms with Crippen molar-refractivity contribution < 1.29 is 9.32 Å². The summed E-state index contributed by atoms with van der Waals surface area (Å²) in [5, 5.41) is 9.86. The molecule has 1 aliphatic carbocycles. The second-order valence-electron chi connectivity index (χ2n) is 6.35. The van der Waals surface area contributed by atoms with Gasteiger partial charge in [-0.1, -0.05) is 11.2 Å². The average molecular weight is 339 g/mol. The van der Waals surface area contributed by atoms with E-state index in [9.17, 15) is 4.79 Å². The van der Waals surface area contributed by atoms with E-state index in [2.05, 4.69) is 20.8 Å². The van der Waals surface area contributed by atoms with Gasteiger partial charge in [-0.05, 0) is 38.3 Å². The van der Waals surface area contributed by atoms with E-state index < -0.39 is 0 Å². The smallest absolute Gasteiger partial charge is 0.315 e. The molecule has 25 heavy (non-hydrogen) atoms. The zero-order valence-corrected chi connectivity index (χ0v) is 14.2. The molecule has 3 aromatic rings. The molecule has 0 fully saturated rings. The summed E-state index contributed by atoms with van der Waals surface area (Å²) in [5.41, 5.74) is 4.79. The minimum atomic E-state index is -0.224. The molecule has 7 nitrogen and oxygen atoms in total. The topological polar surface area (TPSA) is 84.5 Å². The van der Waals surface area contributed by atoms with Gasteiger partial charge in [-0.2, -0.15) is 0 Å². The van der Waals surface area contributed by atoms with Crippen LogP contribution in [-0.2, 0) is 25.9 Å². The summed E-state index contributed by atoms with van der Waals surface area (Å²) in [5.74, 6) is 0.977. The summed E-state index contributed by atoms with van der Waals surface area (Å²) in [6, 6.07) is 5.62. The number of pyridine rings is 1. The molecule has 1 aliphatic rings. The first-order valence-corrected chi connectivity index (χ1v) is 8.63. The Morgan fingerprint density at radius 3 is 3.00 bits per heavy atom. The van der Waals surface area contributed by atoms with Crippen molar-refractivity contribution in [2.45, 2.75) is 45.7 Å². The van der Waals surface area contributed by atoms with E-state index in [4.69, 9.17) is 4.52 Å². The highest BCUT2D eigenvalue weighted by Crippen LogP contribution is 2.23. The van der Waals surface area contributed by atoms with Crippen molar-refractivity contribution in [1.82, 2.24) is 25.2 Å². The van der Waals surface area contributed by atoms with Crippen molar-refractivity contribution in [3.05, 3.63) is 52.8 Å². The number of urea groups is 1. The van der Waals surface area contributed by atoms with Gasteiger partial charge in [0, 0.05) is 18.2 Å². The van der Waals surface area contributed by atoms with Gasteiger partial charge in [-0.3, -0.25) is 0 Å². The highest BCUT2D eigenvalue weighted by molar-refractivity contribution is 5.73. The molecular weight excluding hydrogens is 318 g/mol. The van der Waals surface area contributed by atoms with Crippen LogP contribution in [0.5, 0.6) is 0 Å². The van der Waals surface area contributed by atoms with E-state index in [1.54, 1.807) is 0 Å². The number of aromatic nitrogens is 3. The van der Waals surface area contributed by atoms with Gasteiger partial charge in [0.25, 0.3) is 0 Å². The summed E-state index contributed by atoms with van der Waals surface area (Å²) >= 11 is 0. The standard InChI is InChI=1S/C18H21N5O2/c1-12-15(23-9-5-4-8-17(23)21-12)11-20-18(24)19-10-14-13-6-2-3-7-16(13)25-22-14/h4-5,8-9H,2-3,6-7,10-11H2,1H3,(H2,19,20,24). The van der Waals surface area contributed by atoms with Crippen LogP contribution in [0, 0.1) is 6.92 Å². The third kappa shape index (κ3) is 3.09. The summed E-state index contributed by atoms with van der Waals surface area (Å²) in [4.78, 5) is 16.6. The number of carbonyl (C=O) groups excluding carboxylic acids is 1. The van der Waals surface area contributed by atoms with Crippen molar-refractivity contribution in [1.29, 1.82) is 0 Å². The summed E-state index contributed by atoms with van der Waals surface area (Å²) < 4.78 is 7.36. The molecule has 0 aromatic carbocycles. The molecule has 2 amide bonds. The number of rotatable bonds is 4. The van der Waals surface area contributed by atoms with Gasteiger partial charge in [0.2, 0.25) is 0 Å². The molecule has 0 bridgehead atoms. The normalized spacial score (nSPS) is 13.6. The van der Waals surface area contributed by atoms with E-state index in [1.807, 2.05) is 35.7 Å². The number of imidazole rings is 1. The molecule has 0 unspecified atom stereocenters. The molecule has 0 spiro atoms. The third-order valence-electron chi connectivity index (χ3n) is 4.69. The number of amides is 2. The van der Waals surface area contributed by atoms with Gasteiger partial charge in [-0.25, -0.2) is 9.78 Å². The maximum absolute atomic E-state index is 12.1. The maximum Gasteiger partial charge on any atom is 0.315 e. The number of aryl methyl sites for hydroxylation is 2. The lowest BCUT2D eigenvalue weighted by molar-refractivity contribution is 0.239. The third-order valence-corrected chi connectivity index (χ3v) is 4.69.